The number of hydrogen-bond acceptors (Lipinski definition) is 3. The quantitative estimate of drug-likeness (QED) is 0.827. The third kappa shape index (κ3) is 3.98. The predicted octanol–water partition coefficient (Wildman–Crippen LogP) is 3.52. The highest BCUT2D eigenvalue weighted by Crippen LogP contribution is 2.18. The van der Waals surface area contributed by atoms with Crippen LogP contribution < -0.4 is 15.5 Å². The van der Waals surface area contributed by atoms with Gasteiger partial charge in [-0.15, -0.1) is 0 Å². The summed E-state index contributed by atoms with van der Waals surface area (Å²) >= 11 is 0. The van der Waals surface area contributed by atoms with Crippen LogP contribution >= 0.6 is 0 Å². The summed E-state index contributed by atoms with van der Waals surface area (Å²) in [6.45, 7) is 6.16. The van der Waals surface area contributed by atoms with E-state index >= 15 is 0 Å². The summed E-state index contributed by atoms with van der Waals surface area (Å²) in [6.07, 6.45) is 4.33. The molecule has 2 N–H and O–H groups in total. The van der Waals surface area contributed by atoms with Crippen LogP contribution in [0.2, 0.25) is 0 Å². The second-order valence-corrected chi connectivity index (χ2v) is 6.04. The number of anilines is 1. The molecule has 2 heterocycles. The average molecular weight is 325 g/mol. The first-order valence-electron chi connectivity index (χ1n) is 8.21. The molecule has 0 saturated carbocycles. The van der Waals surface area contributed by atoms with Crippen molar-refractivity contribution in [1.82, 2.24) is 10.6 Å². The smallest absolute Gasteiger partial charge is 0.315 e. The number of benzene rings is 1. The summed E-state index contributed by atoms with van der Waals surface area (Å²) in [5.41, 5.74) is 2.26. The zero-order chi connectivity index (χ0) is 16.9. The van der Waals surface area contributed by atoms with Crippen molar-refractivity contribution in [3.63, 3.8) is 0 Å². The van der Waals surface area contributed by atoms with Crippen LogP contribution in [0.1, 0.15) is 30.0 Å². The van der Waals surface area contributed by atoms with E-state index in [9.17, 15) is 4.79 Å². The number of aryl methyl sites for hydroxylation is 1. The summed E-state index contributed by atoms with van der Waals surface area (Å²) in [5, 5.41) is 5.78. The van der Waals surface area contributed by atoms with Crippen LogP contribution in [0.3, 0.4) is 0 Å². The largest absolute Gasteiger partial charge is 0.464 e. The van der Waals surface area contributed by atoms with Gasteiger partial charge in [0, 0.05) is 25.3 Å². The maximum absolute atomic E-state index is 12.1. The van der Waals surface area contributed by atoms with E-state index in [4.69, 9.17) is 4.42 Å². The van der Waals surface area contributed by atoms with Gasteiger partial charge in [-0.25, -0.2) is 4.79 Å². The standard InChI is InChI=1S/C19H23N3O2/c1-14-8-9-18(24-14)15(2)21-19(23)20-13-16-6-5-7-17(12-16)22-10-3-4-11-22/h3-9,12,15H,10-11,13H2,1-2H3,(H2,20,21,23). The molecule has 126 valence electrons. The van der Waals surface area contributed by atoms with E-state index in [1.807, 2.05) is 38.1 Å². The summed E-state index contributed by atoms with van der Waals surface area (Å²) in [7, 11) is 0. The second-order valence-electron chi connectivity index (χ2n) is 6.04. The molecule has 5 heteroatoms. The van der Waals surface area contributed by atoms with Crippen molar-refractivity contribution >= 4 is 11.7 Å². The Hall–Kier alpha value is -2.69. The third-order valence-corrected chi connectivity index (χ3v) is 4.08. The van der Waals surface area contributed by atoms with E-state index < -0.39 is 0 Å². The lowest BCUT2D eigenvalue weighted by Crippen LogP contribution is -2.36. The fraction of sp³-hybridized carbons (Fsp3) is 0.316. The summed E-state index contributed by atoms with van der Waals surface area (Å²) in [5.74, 6) is 1.60. The van der Waals surface area contributed by atoms with Crippen molar-refractivity contribution in [3.8, 4) is 0 Å². The van der Waals surface area contributed by atoms with E-state index in [1.54, 1.807) is 0 Å². The Kier molecular flexibility index (Phi) is 4.89. The molecule has 1 aliphatic heterocycles. The van der Waals surface area contributed by atoms with Gasteiger partial charge in [-0.05, 0) is 43.7 Å². The Labute approximate surface area is 142 Å². The molecule has 1 unspecified atom stereocenters. The summed E-state index contributed by atoms with van der Waals surface area (Å²) < 4.78 is 5.53. The lowest BCUT2D eigenvalue weighted by molar-refractivity contribution is 0.235. The lowest BCUT2D eigenvalue weighted by atomic mass is 10.2. The number of furan rings is 1. The normalized spacial score (nSPS) is 14.7. The van der Waals surface area contributed by atoms with E-state index in [-0.39, 0.29) is 12.1 Å². The van der Waals surface area contributed by atoms with Gasteiger partial charge >= 0.3 is 6.03 Å². The second kappa shape index (κ2) is 7.25. The van der Waals surface area contributed by atoms with Crippen molar-refractivity contribution in [3.05, 3.63) is 65.6 Å². The molecule has 1 atom stereocenters. The van der Waals surface area contributed by atoms with E-state index in [2.05, 4.69) is 39.8 Å². The molecule has 3 rings (SSSR count). The molecule has 0 bridgehead atoms. The molecule has 2 aromatic rings. The maximum atomic E-state index is 12.1. The summed E-state index contributed by atoms with van der Waals surface area (Å²) in [4.78, 5) is 14.3. The van der Waals surface area contributed by atoms with Gasteiger partial charge in [-0.2, -0.15) is 0 Å². The van der Waals surface area contributed by atoms with E-state index in [0.29, 0.717) is 6.54 Å². The molecular formula is C19H23N3O2. The SMILES string of the molecule is Cc1ccc(C(C)NC(=O)NCc2cccc(N3CC=CC3)c2)o1. The molecule has 0 saturated heterocycles. The van der Waals surface area contributed by atoms with Gasteiger partial charge in [0.25, 0.3) is 0 Å². The Morgan fingerprint density at radius 1 is 1.25 bits per heavy atom. The third-order valence-electron chi connectivity index (χ3n) is 4.08. The topological polar surface area (TPSA) is 57.5 Å². The highest BCUT2D eigenvalue weighted by atomic mass is 16.3. The molecule has 0 radical (unpaired) electrons. The molecule has 5 nitrogen and oxygen atoms in total. The monoisotopic (exact) mass is 325 g/mol. The van der Waals surface area contributed by atoms with Crippen molar-refractivity contribution in [2.75, 3.05) is 18.0 Å². The van der Waals surface area contributed by atoms with Crippen LogP contribution in [0.4, 0.5) is 10.5 Å². The van der Waals surface area contributed by atoms with Crippen LogP contribution in [-0.2, 0) is 6.54 Å². The molecule has 1 aromatic heterocycles. The molecule has 1 aromatic carbocycles. The lowest BCUT2D eigenvalue weighted by Gasteiger charge is -2.18. The Bertz CT molecular complexity index is 728. The number of amides is 2. The van der Waals surface area contributed by atoms with Crippen LogP contribution in [0.25, 0.3) is 0 Å². The Morgan fingerprint density at radius 3 is 2.75 bits per heavy atom. The van der Waals surface area contributed by atoms with Gasteiger partial charge in [-0.1, -0.05) is 24.3 Å². The van der Waals surface area contributed by atoms with Crippen molar-refractivity contribution in [2.24, 2.45) is 0 Å². The van der Waals surface area contributed by atoms with Crippen molar-refractivity contribution in [2.45, 2.75) is 26.4 Å². The zero-order valence-corrected chi connectivity index (χ0v) is 14.1. The number of carbonyl (C=O) groups is 1. The molecule has 0 fully saturated rings. The molecular weight excluding hydrogens is 302 g/mol. The van der Waals surface area contributed by atoms with Gasteiger partial charge in [0.2, 0.25) is 0 Å². The van der Waals surface area contributed by atoms with E-state index in [1.165, 1.54) is 5.69 Å². The van der Waals surface area contributed by atoms with Crippen LogP contribution in [0.15, 0.2) is 53.0 Å². The minimum atomic E-state index is -0.204. The van der Waals surface area contributed by atoms with Gasteiger partial charge in [0.15, 0.2) is 0 Å². The van der Waals surface area contributed by atoms with Crippen molar-refractivity contribution in [1.29, 1.82) is 0 Å². The van der Waals surface area contributed by atoms with Crippen LogP contribution in [-0.4, -0.2) is 19.1 Å². The number of carbonyl (C=O) groups excluding carboxylic acids is 1. The van der Waals surface area contributed by atoms with Gasteiger partial charge < -0.3 is 20.0 Å². The molecule has 2 amide bonds. The number of hydrogen-bond donors (Lipinski definition) is 2. The van der Waals surface area contributed by atoms with Gasteiger partial charge in [0.1, 0.15) is 11.5 Å². The molecule has 1 aliphatic rings. The van der Waals surface area contributed by atoms with Crippen LogP contribution in [0.5, 0.6) is 0 Å². The first kappa shape index (κ1) is 16.2. The molecule has 24 heavy (non-hydrogen) atoms. The predicted molar refractivity (Wildman–Crippen MR) is 95.0 cm³/mol. The van der Waals surface area contributed by atoms with Crippen molar-refractivity contribution < 1.29 is 9.21 Å². The van der Waals surface area contributed by atoms with Gasteiger partial charge in [-0.3, -0.25) is 0 Å². The Balaban J connectivity index is 1.51. The maximum Gasteiger partial charge on any atom is 0.315 e. The van der Waals surface area contributed by atoms with E-state index in [0.717, 1.165) is 30.2 Å². The first-order chi connectivity index (χ1) is 11.6. The Morgan fingerprint density at radius 2 is 2.04 bits per heavy atom. The number of rotatable bonds is 5. The minimum Gasteiger partial charge on any atom is -0.464 e. The highest BCUT2D eigenvalue weighted by Gasteiger charge is 2.13. The highest BCUT2D eigenvalue weighted by molar-refractivity contribution is 5.74. The molecule has 0 aliphatic carbocycles. The number of nitrogens with zero attached hydrogens (tertiary/aromatic N) is 1. The zero-order valence-electron chi connectivity index (χ0n) is 14.1. The average Bonchev–Trinajstić information content (AvgIpc) is 3.25. The number of nitrogens with one attached hydrogen (secondary N) is 2. The first-order valence-corrected chi connectivity index (χ1v) is 8.21. The summed E-state index contributed by atoms with van der Waals surface area (Å²) in [6, 6.07) is 11.7. The van der Waals surface area contributed by atoms with Crippen LogP contribution in [0, 0.1) is 6.92 Å². The fourth-order valence-electron chi connectivity index (χ4n) is 2.74. The number of urea groups is 1. The molecule has 0 spiro atoms. The fourth-order valence-corrected chi connectivity index (χ4v) is 2.74. The van der Waals surface area contributed by atoms with Gasteiger partial charge in [0.05, 0.1) is 6.04 Å². The minimum absolute atomic E-state index is 0.166.